The maximum atomic E-state index is 13.0. The molecule has 0 bridgehead atoms. The van der Waals surface area contributed by atoms with E-state index in [4.69, 9.17) is 9.47 Å². The maximum absolute atomic E-state index is 13.0. The normalized spacial score (nSPS) is 16.6. The van der Waals surface area contributed by atoms with Crippen LogP contribution in [0.1, 0.15) is 0 Å². The lowest BCUT2D eigenvalue weighted by Gasteiger charge is -2.11. The number of aromatic nitrogens is 2. The third kappa shape index (κ3) is 2.47. The van der Waals surface area contributed by atoms with Crippen molar-refractivity contribution in [2.24, 2.45) is 0 Å². The second kappa shape index (κ2) is 4.92. The van der Waals surface area contributed by atoms with E-state index in [0.29, 0.717) is 6.54 Å². The van der Waals surface area contributed by atoms with Crippen molar-refractivity contribution in [1.29, 1.82) is 0 Å². The average Bonchev–Trinajstić information content (AvgIpc) is 2.82. The first kappa shape index (κ1) is 12.6. The van der Waals surface area contributed by atoms with E-state index in [1.807, 2.05) is 0 Å². The van der Waals surface area contributed by atoms with Crippen LogP contribution in [0.4, 0.5) is 8.78 Å². The van der Waals surface area contributed by atoms with Crippen molar-refractivity contribution in [2.75, 3.05) is 6.61 Å². The SMILES string of the molecule is O=c1ccn2c(n1)OC(COc1ccc(F)c(F)c1)C2. The number of nitrogens with zero attached hydrogens (tertiary/aromatic N) is 2. The number of halogens is 2. The third-order valence-corrected chi connectivity index (χ3v) is 2.85. The summed E-state index contributed by atoms with van der Waals surface area (Å²) in [5.41, 5.74) is -0.376. The Morgan fingerprint density at radius 1 is 1.35 bits per heavy atom. The van der Waals surface area contributed by atoms with Crippen LogP contribution < -0.4 is 15.0 Å². The molecule has 20 heavy (non-hydrogen) atoms. The van der Waals surface area contributed by atoms with E-state index >= 15 is 0 Å². The molecule has 0 saturated carbocycles. The van der Waals surface area contributed by atoms with Crippen LogP contribution in [-0.4, -0.2) is 22.3 Å². The van der Waals surface area contributed by atoms with Crippen LogP contribution in [0.2, 0.25) is 0 Å². The molecule has 1 unspecified atom stereocenters. The standard InChI is InChI=1S/C13H10F2N2O3/c14-10-2-1-8(5-11(10)15)19-7-9-6-17-4-3-12(18)16-13(17)20-9/h1-5,9H,6-7H2. The Hall–Kier alpha value is -2.44. The first-order valence-electron chi connectivity index (χ1n) is 5.94. The van der Waals surface area contributed by atoms with Crippen molar-refractivity contribution < 1.29 is 18.3 Å². The van der Waals surface area contributed by atoms with Crippen molar-refractivity contribution >= 4 is 0 Å². The van der Waals surface area contributed by atoms with Crippen molar-refractivity contribution in [1.82, 2.24) is 9.55 Å². The zero-order valence-corrected chi connectivity index (χ0v) is 10.3. The Morgan fingerprint density at radius 2 is 2.20 bits per heavy atom. The molecule has 0 aliphatic carbocycles. The summed E-state index contributed by atoms with van der Waals surface area (Å²) in [6.07, 6.45) is 1.25. The topological polar surface area (TPSA) is 53.4 Å². The van der Waals surface area contributed by atoms with Gasteiger partial charge in [0.15, 0.2) is 17.7 Å². The molecule has 1 aliphatic rings. The van der Waals surface area contributed by atoms with E-state index in [1.165, 1.54) is 12.1 Å². The van der Waals surface area contributed by atoms with E-state index < -0.39 is 11.6 Å². The molecular formula is C13H10F2N2O3. The number of benzene rings is 1. The predicted octanol–water partition coefficient (Wildman–Crippen LogP) is 1.36. The van der Waals surface area contributed by atoms with E-state index in [-0.39, 0.29) is 30.0 Å². The highest BCUT2D eigenvalue weighted by Gasteiger charge is 2.23. The van der Waals surface area contributed by atoms with E-state index in [1.54, 1.807) is 10.8 Å². The number of rotatable bonds is 3. The molecule has 1 aliphatic heterocycles. The molecule has 1 aromatic carbocycles. The summed E-state index contributed by atoms with van der Waals surface area (Å²) in [6.45, 7) is 0.620. The van der Waals surface area contributed by atoms with Crippen LogP contribution in [0.3, 0.4) is 0 Å². The molecule has 104 valence electrons. The molecule has 0 fully saturated rings. The molecule has 0 amide bonds. The fourth-order valence-electron chi connectivity index (χ4n) is 1.89. The lowest BCUT2D eigenvalue weighted by atomic mass is 10.3. The van der Waals surface area contributed by atoms with Gasteiger partial charge in [-0.05, 0) is 12.1 Å². The minimum Gasteiger partial charge on any atom is -0.490 e. The molecule has 0 radical (unpaired) electrons. The highest BCUT2D eigenvalue weighted by Crippen LogP contribution is 2.19. The average molecular weight is 280 g/mol. The summed E-state index contributed by atoms with van der Waals surface area (Å²) in [6, 6.07) is 4.87. The van der Waals surface area contributed by atoms with Gasteiger partial charge < -0.3 is 9.47 Å². The van der Waals surface area contributed by atoms with Gasteiger partial charge in [-0.15, -0.1) is 0 Å². The van der Waals surface area contributed by atoms with Gasteiger partial charge in [0.05, 0.1) is 6.54 Å². The van der Waals surface area contributed by atoms with Gasteiger partial charge in [-0.25, -0.2) is 8.78 Å². The van der Waals surface area contributed by atoms with E-state index in [2.05, 4.69) is 4.98 Å². The molecule has 1 atom stereocenters. The van der Waals surface area contributed by atoms with Crippen molar-refractivity contribution in [3.8, 4) is 11.8 Å². The second-order valence-electron chi connectivity index (χ2n) is 4.33. The van der Waals surface area contributed by atoms with Gasteiger partial charge in [-0.1, -0.05) is 0 Å². The van der Waals surface area contributed by atoms with Crippen LogP contribution in [0.25, 0.3) is 0 Å². The highest BCUT2D eigenvalue weighted by atomic mass is 19.2. The van der Waals surface area contributed by atoms with Gasteiger partial charge >= 0.3 is 0 Å². The molecule has 2 heterocycles. The third-order valence-electron chi connectivity index (χ3n) is 2.85. The molecular weight excluding hydrogens is 270 g/mol. The van der Waals surface area contributed by atoms with Gasteiger partial charge in [0.2, 0.25) is 0 Å². The summed E-state index contributed by atoms with van der Waals surface area (Å²) >= 11 is 0. The Morgan fingerprint density at radius 3 is 3.00 bits per heavy atom. The highest BCUT2D eigenvalue weighted by molar-refractivity contribution is 5.23. The largest absolute Gasteiger partial charge is 0.490 e. The Labute approximate surface area is 112 Å². The molecule has 0 N–H and O–H groups in total. The van der Waals surface area contributed by atoms with Gasteiger partial charge in [-0.2, -0.15) is 4.98 Å². The molecule has 1 aromatic heterocycles. The van der Waals surface area contributed by atoms with Crippen LogP contribution in [0, 0.1) is 11.6 Å². The summed E-state index contributed by atoms with van der Waals surface area (Å²) in [5, 5.41) is 0. The predicted molar refractivity (Wildman–Crippen MR) is 64.8 cm³/mol. The smallest absolute Gasteiger partial charge is 0.300 e. The summed E-state index contributed by atoms with van der Waals surface area (Å²) in [7, 11) is 0. The fourth-order valence-corrected chi connectivity index (χ4v) is 1.89. The first-order chi connectivity index (χ1) is 9.61. The molecule has 0 saturated heterocycles. The number of ether oxygens (including phenoxy) is 2. The molecule has 3 rings (SSSR count). The molecule has 0 spiro atoms. The van der Waals surface area contributed by atoms with Gasteiger partial charge in [0.1, 0.15) is 12.4 Å². The molecule has 2 aromatic rings. The quantitative estimate of drug-likeness (QED) is 0.852. The van der Waals surface area contributed by atoms with Gasteiger partial charge in [-0.3, -0.25) is 9.36 Å². The van der Waals surface area contributed by atoms with Crippen LogP contribution in [0.15, 0.2) is 35.3 Å². The van der Waals surface area contributed by atoms with Crippen molar-refractivity contribution in [3.63, 3.8) is 0 Å². The number of fused-ring (bicyclic) bond motifs is 1. The number of hydrogen-bond donors (Lipinski definition) is 0. The van der Waals surface area contributed by atoms with Gasteiger partial charge in [0, 0.05) is 18.3 Å². The van der Waals surface area contributed by atoms with Crippen LogP contribution >= 0.6 is 0 Å². The number of hydrogen-bond acceptors (Lipinski definition) is 4. The van der Waals surface area contributed by atoms with Crippen molar-refractivity contribution in [2.45, 2.75) is 12.6 Å². The minimum absolute atomic E-state index is 0.141. The minimum atomic E-state index is -0.967. The van der Waals surface area contributed by atoms with E-state index in [0.717, 1.165) is 12.1 Å². The summed E-state index contributed by atoms with van der Waals surface area (Å²) < 4.78 is 38.2. The lowest BCUT2D eigenvalue weighted by Crippen LogP contribution is -2.23. The zero-order valence-electron chi connectivity index (χ0n) is 10.3. The zero-order chi connectivity index (χ0) is 14.1. The fraction of sp³-hybridized carbons (Fsp3) is 0.231. The molecule has 5 nitrogen and oxygen atoms in total. The van der Waals surface area contributed by atoms with Crippen LogP contribution in [0.5, 0.6) is 11.8 Å². The summed E-state index contributed by atoms with van der Waals surface area (Å²) in [4.78, 5) is 14.8. The maximum Gasteiger partial charge on any atom is 0.300 e. The second-order valence-corrected chi connectivity index (χ2v) is 4.33. The van der Waals surface area contributed by atoms with Gasteiger partial charge in [0.25, 0.3) is 11.6 Å². The Balaban J connectivity index is 1.63. The van der Waals surface area contributed by atoms with Crippen molar-refractivity contribution in [3.05, 3.63) is 52.5 Å². The summed E-state index contributed by atoms with van der Waals surface area (Å²) in [5.74, 6) is -1.68. The first-order valence-corrected chi connectivity index (χ1v) is 5.94. The monoisotopic (exact) mass is 280 g/mol. The Kier molecular flexibility index (Phi) is 3.09. The van der Waals surface area contributed by atoms with E-state index in [9.17, 15) is 13.6 Å². The molecule has 7 heteroatoms. The lowest BCUT2D eigenvalue weighted by molar-refractivity contribution is 0.143. The van der Waals surface area contributed by atoms with Crippen LogP contribution in [-0.2, 0) is 6.54 Å². The Bertz CT molecular complexity index is 702.